The van der Waals surface area contributed by atoms with Crippen molar-refractivity contribution in [3.05, 3.63) is 66.2 Å². The van der Waals surface area contributed by atoms with Crippen LogP contribution >= 0.6 is 0 Å². The van der Waals surface area contributed by atoms with Gasteiger partial charge in [0.2, 0.25) is 0 Å². The molecule has 0 spiro atoms. The molecule has 0 aliphatic heterocycles. The summed E-state index contributed by atoms with van der Waals surface area (Å²) in [5.41, 5.74) is 2.43. The molecule has 3 N–H and O–H groups in total. The summed E-state index contributed by atoms with van der Waals surface area (Å²) in [5, 5.41) is 8.40. The molecule has 0 saturated heterocycles. The van der Waals surface area contributed by atoms with Crippen LogP contribution < -0.4 is 10.2 Å². The topological polar surface area (TPSA) is 95.5 Å². The van der Waals surface area contributed by atoms with Crippen molar-refractivity contribution in [2.45, 2.75) is 4.90 Å². The summed E-state index contributed by atoms with van der Waals surface area (Å²) < 4.78 is 27.1. The van der Waals surface area contributed by atoms with E-state index in [4.69, 9.17) is 5.21 Å². The Bertz CT molecular complexity index is 786. The number of nitrogens with one attached hydrogen (secondary N) is 2. The molecule has 0 saturated carbocycles. The highest BCUT2D eigenvalue weighted by molar-refractivity contribution is 7.92. The predicted octanol–water partition coefficient (Wildman–Crippen LogP) is 2.01. The highest BCUT2D eigenvalue weighted by Gasteiger charge is 2.13. The SMILES string of the molecule is O=C(/C=C\c1cccc(S(=O)(=O)Nc2ccccc2)c1)NO. The molecular formula is C15H14N2O4S. The van der Waals surface area contributed by atoms with E-state index < -0.39 is 15.9 Å². The van der Waals surface area contributed by atoms with Crippen molar-refractivity contribution in [1.29, 1.82) is 0 Å². The maximum absolute atomic E-state index is 12.3. The molecule has 0 atom stereocenters. The molecular weight excluding hydrogens is 304 g/mol. The van der Waals surface area contributed by atoms with Crippen molar-refractivity contribution in [2.75, 3.05) is 4.72 Å². The maximum Gasteiger partial charge on any atom is 0.267 e. The first-order chi connectivity index (χ1) is 10.5. The van der Waals surface area contributed by atoms with Gasteiger partial charge in [-0.15, -0.1) is 0 Å². The molecule has 7 heteroatoms. The Morgan fingerprint density at radius 1 is 1.05 bits per heavy atom. The summed E-state index contributed by atoms with van der Waals surface area (Å²) >= 11 is 0. The first-order valence-electron chi connectivity index (χ1n) is 6.31. The van der Waals surface area contributed by atoms with Gasteiger partial charge in [-0.2, -0.15) is 0 Å². The molecule has 0 aliphatic rings. The number of anilines is 1. The zero-order valence-corrected chi connectivity index (χ0v) is 12.2. The lowest BCUT2D eigenvalue weighted by molar-refractivity contribution is -0.124. The van der Waals surface area contributed by atoms with Crippen molar-refractivity contribution in [3.63, 3.8) is 0 Å². The van der Waals surface area contributed by atoms with Crippen molar-refractivity contribution < 1.29 is 18.4 Å². The van der Waals surface area contributed by atoms with Crippen molar-refractivity contribution >= 4 is 27.7 Å². The lowest BCUT2D eigenvalue weighted by Crippen LogP contribution is -2.15. The Labute approximate surface area is 128 Å². The van der Waals surface area contributed by atoms with Crippen molar-refractivity contribution in [2.24, 2.45) is 0 Å². The van der Waals surface area contributed by atoms with E-state index in [2.05, 4.69) is 4.72 Å². The summed E-state index contributed by atoms with van der Waals surface area (Å²) in [4.78, 5) is 11.0. The fourth-order valence-electron chi connectivity index (χ4n) is 1.71. The number of hydroxylamine groups is 1. The van der Waals surface area contributed by atoms with Crippen LogP contribution in [0.25, 0.3) is 6.08 Å². The molecule has 0 bridgehead atoms. The number of rotatable bonds is 5. The van der Waals surface area contributed by atoms with Crippen molar-refractivity contribution in [1.82, 2.24) is 5.48 Å². The van der Waals surface area contributed by atoms with Gasteiger partial charge in [0, 0.05) is 11.8 Å². The number of carbonyl (C=O) groups is 1. The summed E-state index contributed by atoms with van der Waals surface area (Å²) in [5.74, 6) is -0.698. The van der Waals surface area contributed by atoms with Gasteiger partial charge >= 0.3 is 0 Å². The van der Waals surface area contributed by atoms with Gasteiger partial charge in [0.05, 0.1) is 4.90 Å². The van der Waals surface area contributed by atoms with Gasteiger partial charge in [0.25, 0.3) is 15.9 Å². The smallest absolute Gasteiger partial charge is 0.267 e. The number of carbonyl (C=O) groups excluding carboxylic acids is 1. The minimum absolute atomic E-state index is 0.0721. The molecule has 2 aromatic carbocycles. The molecule has 2 rings (SSSR count). The monoisotopic (exact) mass is 318 g/mol. The van der Waals surface area contributed by atoms with E-state index in [1.807, 2.05) is 0 Å². The molecule has 0 aromatic heterocycles. The van der Waals surface area contributed by atoms with Gasteiger partial charge in [-0.05, 0) is 35.9 Å². The van der Waals surface area contributed by atoms with Gasteiger partial charge in [0.1, 0.15) is 0 Å². The van der Waals surface area contributed by atoms with E-state index in [0.29, 0.717) is 11.3 Å². The number of amides is 1. The third-order valence-electron chi connectivity index (χ3n) is 2.73. The van der Waals surface area contributed by atoms with E-state index >= 15 is 0 Å². The second kappa shape index (κ2) is 6.88. The standard InChI is InChI=1S/C15H14N2O4S/c18-15(16-19)10-9-12-5-4-8-14(11-12)22(20,21)17-13-6-2-1-3-7-13/h1-11,17,19H,(H,16,18)/b10-9-. The van der Waals surface area contributed by atoms with Gasteiger partial charge in [-0.25, -0.2) is 13.9 Å². The zero-order chi connectivity index (χ0) is 16.0. The summed E-state index contributed by atoms with van der Waals surface area (Å²) in [6.45, 7) is 0. The van der Waals surface area contributed by atoms with Gasteiger partial charge in [-0.3, -0.25) is 14.7 Å². The van der Waals surface area contributed by atoms with E-state index in [9.17, 15) is 13.2 Å². The maximum atomic E-state index is 12.3. The van der Waals surface area contributed by atoms with E-state index in [1.165, 1.54) is 23.7 Å². The van der Waals surface area contributed by atoms with E-state index in [-0.39, 0.29) is 4.90 Å². The Balaban J connectivity index is 2.25. The van der Waals surface area contributed by atoms with Crippen LogP contribution in [-0.4, -0.2) is 19.5 Å². The van der Waals surface area contributed by atoms with Crippen LogP contribution in [-0.2, 0) is 14.8 Å². The molecule has 114 valence electrons. The van der Waals surface area contributed by atoms with Gasteiger partial charge in [0.15, 0.2) is 0 Å². The molecule has 0 aliphatic carbocycles. The second-order valence-corrected chi connectivity index (χ2v) is 6.04. The van der Waals surface area contributed by atoms with Crippen LogP contribution in [0.2, 0.25) is 0 Å². The van der Waals surface area contributed by atoms with Crippen LogP contribution in [0, 0.1) is 0 Å². The van der Waals surface area contributed by atoms with Crippen LogP contribution in [0.5, 0.6) is 0 Å². The summed E-state index contributed by atoms with van der Waals surface area (Å²) in [6.07, 6.45) is 2.49. The van der Waals surface area contributed by atoms with E-state index in [1.54, 1.807) is 42.5 Å². The largest absolute Gasteiger partial charge is 0.288 e. The average molecular weight is 318 g/mol. The Morgan fingerprint density at radius 2 is 1.77 bits per heavy atom. The molecule has 0 radical (unpaired) electrons. The number of sulfonamides is 1. The lowest BCUT2D eigenvalue weighted by Gasteiger charge is -2.08. The Hall–Kier alpha value is -2.64. The number of benzene rings is 2. The molecule has 2 aromatic rings. The minimum Gasteiger partial charge on any atom is -0.288 e. The lowest BCUT2D eigenvalue weighted by atomic mass is 10.2. The van der Waals surface area contributed by atoms with E-state index in [0.717, 1.165) is 6.08 Å². The van der Waals surface area contributed by atoms with Gasteiger partial charge < -0.3 is 0 Å². The molecule has 1 amide bonds. The minimum atomic E-state index is -3.71. The number of hydrogen-bond acceptors (Lipinski definition) is 4. The summed E-state index contributed by atoms with van der Waals surface area (Å²) in [6, 6.07) is 14.6. The Kier molecular flexibility index (Phi) is 4.92. The molecule has 0 fully saturated rings. The average Bonchev–Trinajstić information content (AvgIpc) is 2.53. The molecule has 6 nitrogen and oxygen atoms in total. The summed E-state index contributed by atoms with van der Waals surface area (Å²) in [7, 11) is -3.71. The molecule has 0 heterocycles. The third kappa shape index (κ3) is 4.18. The normalized spacial score (nSPS) is 11.3. The van der Waals surface area contributed by atoms with Crippen LogP contribution in [0.15, 0.2) is 65.6 Å². The first kappa shape index (κ1) is 15.7. The Morgan fingerprint density at radius 3 is 2.45 bits per heavy atom. The quantitative estimate of drug-likeness (QED) is 0.446. The van der Waals surface area contributed by atoms with Crippen molar-refractivity contribution in [3.8, 4) is 0 Å². The second-order valence-electron chi connectivity index (χ2n) is 4.35. The van der Waals surface area contributed by atoms with Crippen LogP contribution in [0.4, 0.5) is 5.69 Å². The van der Waals surface area contributed by atoms with Gasteiger partial charge in [-0.1, -0.05) is 30.3 Å². The fraction of sp³-hybridized carbons (Fsp3) is 0. The number of para-hydroxylation sites is 1. The highest BCUT2D eigenvalue weighted by atomic mass is 32.2. The predicted molar refractivity (Wildman–Crippen MR) is 82.7 cm³/mol. The third-order valence-corrected chi connectivity index (χ3v) is 4.11. The molecule has 22 heavy (non-hydrogen) atoms. The zero-order valence-electron chi connectivity index (χ0n) is 11.4. The van der Waals surface area contributed by atoms with Crippen LogP contribution in [0.1, 0.15) is 5.56 Å². The molecule has 0 unspecified atom stereocenters. The highest BCUT2D eigenvalue weighted by Crippen LogP contribution is 2.17. The van der Waals surface area contributed by atoms with Crippen LogP contribution in [0.3, 0.4) is 0 Å². The number of hydrogen-bond donors (Lipinski definition) is 3. The fourth-order valence-corrected chi connectivity index (χ4v) is 2.83. The first-order valence-corrected chi connectivity index (χ1v) is 7.80.